The van der Waals surface area contributed by atoms with E-state index in [1.807, 2.05) is 30.3 Å². The summed E-state index contributed by atoms with van der Waals surface area (Å²) in [5, 5.41) is 11.2. The van der Waals surface area contributed by atoms with Gasteiger partial charge < -0.3 is 5.11 Å². The Kier molecular flexibility index (Phi) is 4.03. The van der Waals surface area contributed by atoms with Crippen LogP contribution in [0.2, 0.25) is 0 Å². The van der Waals surface area contributed by atoms with Crippen molar-refractivity contribution in [2.75, 3.05) is 0 Å². The summed E-state index contributed by atoms with van der Waals surface area (Å²) in [6.45, 7) is 0. The molecule has 3 aromatic rings. The number of rotatable bonds is 2. The molecule has 4 rings (SSSR count). The highest BCUT2D eigenvalue weighted by Gasteiger charge is 2.40. The van der Waals surface area contributed by atoms with Gasteiger partial charge in [0.25, 0.3) is 0 Å². The van der Waals surface area contributed by atoms with Crippen molar-refractivity contribution in [3.63, 3.8) is 0 Å². The minimum atomic E-state index is -4.61. The second-order valence-corrected chi connectivity index (χ2v) is 6.60. The van der Waals surface area contributed by atoms with Crippen LogP contribution in [0.25, 0.3) is 11.3 Å². The number of hydrogen-bond acceptors (Lipinski definition) is 2. The molecule has 0 amide bonds. The minimum absolute atomic E-state index is 0.00263. The maximum absolute atomic E-state index is 14.4. The van der Waals surface area contributed by atoms with Gasteiger partial charge in [0.15, 0.2) is 0 Å². The monoisotopic (exact) mass is 373 g/mol. The van der Waals surface area contributed by atoms with E-state index in [2.05, 4.69) is 4.98 Å². The standard InChI is InChI=1S/C21H15F4NO/c22-18-12-14(21(23,24)25)6-7-16(18)19-15-8-10-20(27,17(15)9-11-26-19)13-4-2-1-3-5-13/h1-7,9,11-12,27H,8,10H2. The zero-order valence-electron chi connectivity index (χ0n) is 14.1. The van der Waals surface area contributed by atoms with Gasteiger partial charge in [-0.2, -0.15) is 13.2 Å². The van der Waals surface area contributed by atoms with Crippen LogP contribution < -0.4 is 0 Å². The quantitative estimate of drug-likeness (QED) is 0.635. The number of aliphatic hydroxyl groups is 1. The summed E-state index contributed by atoms with van der Waals surface area (Å²) in [6.07, 6.45) is -2.32. The Bertz CT molecular complexity index is 1000. The first-order valence-electron chi connectivity index (χ1n) is 8.44. The molecule has 1 aliphatic carbocycles. The van der Waals surface area contributed by atoms with Crippen LogP contribution in [-0.2, 0) is 18.2 Å². The lowest BCUT2D eigenvalue weighted by Gasteiger charge is -2.24. The molecule has 1 aromatic heterocycles. The lowest BCUT2D eigenvalue weighted by atomic mass is 9.88. The number of fused-ring (bicyclic) bond motifs is 1. The molecule has 0 fully saturated rings. The highest BCUT2D eigenvalue weighted by molar-refractivity contribution is 5.68. The van der Waals surface area contributed by atoms with Crippen molar-refractivity contribution in [3.05, 3.63) is 88.9 Å². The zero-order valence-corrected chi connectivity index (χ0v) is 14.1. The van der Waals surface area contributed by atoms with E-state index in [-0.39, 0.29) is 11.3 Å². The SMILES string of the molecule is OC1(c2ccccc2)CCc2c1ccnc2-c1ccc(C(F)(F)F)cc1F. The second-order valence-electron chi connectivity index (χ2n) is 6.60. The Balaban J connectivity index is 1.83. The highest BCUT2D eigenvalue weighted by Crippen LogP contribution is 2.45. The van der Waals surface area contributed by atoms with Crippen molar-refractivity contribution in [3.8, 4) is 11.3 Å². The average molecular weight is 373 g/mol. The van der Waals surface area contributed by atoms with Crippen LogP contribution in [0.5, 0.6) is 0 Å². The fourth-order valence-electron chi connectivity index (χ4n) is 3.70. The summed E-state index contributed by atoms with van der Waals surface area (Å²) in [7, 11) is 0. The highest BCUT2D eigenvalue weighted by atomic mass is 19.4. The molecule has 0 aliphatic heterocycles. The molecule has 0 radical (unpaired) electrons. The first-order valence-corrected chi connectivity index (χ1v) is 8.44. The van der Waals surface area contributed by atoms with Crippen LogP contribution in [0.1, 0.15) is 28.7 Å². The van der Waals surface area contributed by atoms with E-state index in [4.69, 9.17) is 0 Å². The van der Waals surface area contributed by atoms with E-state index in [0.29, 0.717) is 35.6 Å². The Hall–Kier alpha value is -2.73. The van der Waals surface area contributed by atoms with Gasteiger partial charge in [-0.05, 0) is 53.8 Å². The number of hydrogen-bond donors (Lipinski definition) is 1. The number of halogens is 4. The summed E-state index contributed by atoms with van der Waals surface area (Å²) >= 11 is 0. The molecule has 0 spiro atoms. The molecule has 138 valence electrons. The van der Waals surface area contributed by atoms with Crippen LogP contribution in [0.15, 0.2) is 60.8 Å². The Morgan fingerprint density at radius 1 is 1.00 bits per heavy atom. The van der Waals surface area contributed by atoms with Crippen LogP contribution >= 0.6 is 0 Å². The number of pyridine rings is 1. The first kappa shape index (κ1) is 17.7. The third-order valence-corrected chi connectivity index (χ3v) is 5.04. The number of aromatic nitrogens is 1. The second kappa shape index (κ2) is 6.16. The fourth-order valence-corrected chi connectivity index (χ4v) is 3.70. The molecule has 2 nitrogen and oxygen atoms in total. The van der Waals surface area contributed by atoms with Gasteiger partial charge in [-0.3, -0.25) is 4.98 Å². The summed E-state index contributed by atoms with van der Waals surface area (Å²) in [5.41, 5.74) is -0.0226. The van der Waals surface area contributed by atoms with Gasteiger partial charge in [-0.25, -0.2) is 4.39 Å². The molecule has 1 unspecified atom stereocenters. The molecule has 27 heavy (non-hydrogen) atoms. The van der Waals surface area contributed by atoms with E-state index >= 15 is 0 Å². The summed E-state index contributed by atoms with van der Waals surface area (Å²) in [6, 6.07) is 13.2. The van der Waals surface area contributed by atoms with Crippen molar-refractivity contribution < 1.29 is 22.7 Å². The fraction of sp³-hybridized carbons (Fsp3) is 0.190. The average Bonchev–Trinajstić information content (AvgIpc) is 3.00. The van der Waals surface area contributed by atoms with Gasteiger partial charge in [-0.1, -0.05) is 30.3 Å². The smallest absolute Gasteiger partial charge is 0.380 e. The third kappa shape index (κ3) is 2.90. The van der Waals surface area contributed by atoms with Crippen LogP contribution in [0, 0.1) is 5.82 Å². The zero-order chi connectivity index (χ0) is 19.2. The molecular formula is C21H15F4NO. The van der Waals surface area contributed by atoms with Crippen molar-refractivity contribution in [1.82, 2.24) is 4.98 Å². The maximum atomic E-state index is 14.4. The summed E-state index contributed by atoms with van der Waals surface area (Å²) in [5.74, 6) is -0.985. The number of alkyl halides is 3. The van der Waals surface area contributed by atoms with E-state index in [0.717, 1.165) is 12.1 Å². The molecule has 2 aromatic carbocycles. The van der Waals surface area contributed by atoms with E-state index < -0.39 is 23.2 Å². The lowest BCUT2D eigenvalue weighted by Crippen LogP contribution is -2.23. The number of nitrogens with zero attached hydrogens (tertiary/aromatic N) is 1. The maximum Gasteiger partial charge on any atom is 0.416 e. The van der Waals surface area contributed by atoms with Crippen LogP contribution in [-0.4, -0.2) is 10.1 Å². The Morgan fingerprint density at radius 3 is 2.41 bits per heavy atom. The van der Waals surface area contributed by atoms with Gasteiger partial charge in [0.2, 0.25) is 0 Å². The van der Waals surface area contributed by atoms with Crippen molar-refractivity contribution in [2.45, 2.75) is 24.6 Å². The van der Waals surface area contributed by atoms with E-state index in [1.165, 1.54) is 6.20 Å². The molecule has 1 atom stereocenters. The van der Waals surface area contributed by atoms with Crippen molar-refractivity contribution >= 4 is 0 Å². The minimum Gasteiger partial charge on any atom is -0.380 e. The summed E-state index contributed by atoms with van der Waals surface area (Å²) in [4.78, 5) is 4.20. The van der Waals surface area contributed by atoms with Gasteiger partial charge in [0, 0.05) is 11.8 Å². The topological polar surface area (TPSA) is 33.1 Å². The normalized spacial score (nSPS) is 19.1. The van der Waals surface area contributed by atoms with Gasteiger partial charge in [0.1, 0.15) is 11.4 Å². The van der Waals surface area contributed by atoms with Crippen LogP contribution in [0.3, 0.4) is 0 Å². The predicted octanol–water partition coefficient (Wildman–Crippen LogP) is 5.09. The largest absolute Gasteiger partial charge is 0.416 e. The molecular weight excluding hydrogens is 358 g/mol. The molecule has 6 heteroatoms. The lowest BCUT2D eigenvalue weighted by molar-refractivity contribution is -0.137. The first-order chi connectivity index (χ1) is 12.8. The van der Waals surface area contributed by atoms with Gasteiger partial charge in [0.05, 0.1) is 11.3 Å². The molecule has 1 aliphatic rings. The summed E-state index contributed by atoms with van der Waals surface area (Å²) < 4.78 is 52.8. The van der Waals surface area contributed by atoms with Crippen molar-refractivity contribution in [2.24, 2.45) is 0 Å². The van der Waals surface area contributed by atoms with Crippen molar-refractivity contribution in [1.29, 1.82) is 0 Å². The predicted molar refractivity (Wildman–Crippen MR) is 92.4 cm³/mol. The molecule has 1 N–H and O–H groups in total. The van der Waals surface area contributed by atoms with Gasteiger partial charge in [-0.15, -0.1) is 0 Å². The van der Waals surface area contributed by atoms with E-state index in [1.54, 1.807) is 6.07 Å². The molecule has 0 bridgehead atoms. The third-order valence-electron chi connectivity index (χ3n) is 5.04. The molecule has 0 saturated heterocycles. The Morgan fingerprint density at radius 2 is 1.74 bits per heavy atom. The molecule has 0 saturated carbocycles. The van der Waals surface area contributed by atoms with Crippen LogP contribution in [0.4, 0.5) is 17.6 Å². The van der Waals surface area contributed by atoms with Gasteiger partial charge >= 0.3 is 6.18 Å². The van der Waals surface area contributed by atoms with E-state index in [9.17, 15) is 22.7 Å². The Labute approximate surface area is 153 Å². The number of benzene rings is 2. The molecule has 1 heterocycles.